The lowest BCUT2D eigenvalue weighted by atomic mass is 10.1. The monoisotopic (exact) mass is 1080 g/mol. The number of nitrogens with one attached hydrogen (secondary N) is 1. The first-order chi connectivity index (χ1) is 36.9. The minimum absolute atomic E-state index is 0.0326. The third-order valence-electron chi connectivity index (χ3n) is 12.9. The molecule has 10 heteroatoms. The van der Waals surface area contributed by atoms with E-state index >= 15 is 0 Å². The number of amides is 1. The van der Waals surface area contributed by atoms with E-state index in [2.05, 4.69) is 123 Å². The summed E-state index contributed by atoms with van der Waals surface area (Å²) < 4.78 is 30.3. The number of allylic oxidation sites excluding steroid dienone is 17. The zero-order valence-corrected chi connectivity index (χ0v) is 50.6. The lowest BCUT2D eigenvalue weighted by Gasteiger charge is -2.30. The molecular weight excluding hydrogens is 964 g/mol. The zero-order chi connectivity index (χ0) is 55.7. The van der Waals surface area contributed by atoms with Gasteiger partial charge in [-0.15, -0.1) is 0 Å². The number of nitrogens with zero attached hydrogens (tertiary/aromatic N) is 1. The van der Waals surface area contributed by atoms with Gasteiger partial charge >= 0.3 is 5.97 Å². The van der Waals surface area contributed by atoms with E-state index in [1.54, 1.807) is 0 Å². The van der Waals surface area contributed by atoms with Gasteiger partial charge in [-0.2, -0.15) is 0 Å². The number of carbonyl (C=O) groups excluding carboxylic acids is 2. The second kappa shape index (κ2) is 55.0. The van der Waals surface area contributed by atoms with E-state index in [-0.39, 0.29) is 24.9 Å². The van der Waals surface area contributed by atoms with Gasteiger partial charge < -0.3 is 28.5 Å². The number of phosphoric acid groups is 1. The summed E-state index contributed by atoms with van der Waals surface area (Å²) in [4.78, 5) is 40.0. The van der Waals surface area contributed by atoms with Crippen LogP contribution in [0.5, 0.6) is 0 Å². The molecule has 0 aromatic heterocycles. The van der Waals surface area contributed by atoms with Gasteiger partial charge in [-0.05, 0) is 109 Å². The van der Waals surface area contributed by atoms with E-state index < -0.39 is 26.6 Å². The van der Waals surface area contributed by atoms with E-state index in [9.17, 15) is 19.0 Å². The number of ether oxygens (including phenoxy) is 1. The highest BCUT2D eigenvalue weighted by Gasteiger charge is 2.27. The largest absolute Gasteiger partial charge is 0.756 e. The van der Waals surface area contributed by atoms with E-state index in [4.69, 9.17) is 13.8 Å². The van der Waals surface area contributed by atoms with Crippen molar-refractivity contribution >= 4 is 19.7 Å². The van der Waals surface area contributed by atoms with Crippen molar-refractivity contribution in [1.82, 2.24) is 5.32 Å². The Bertz CT molecular complexity index is 1670. The number of phosphoric ester groups is 1. The summed E-state index contributed by atoms with van der Waals surface area (Å²) in [7, 11) is 1.15. The van der Waals surface area contributed by atoms with Crippen LogP contribution >= 0.6 is 7.82 Å². The Morgan fingerprint density at radius 1 is 0.474 bits per heavy atom. The number of hydrogen-bond donors (Lipinski definition) is 1. The van der Waals surface area contributed by atoms with E-state index in [0.29, 0.717) is 23.9 Å². The zero-order valence-electron chi connectivity index (χ0n) is 49.7. The number of hydrogen-bond acceptors (Lipinski definition) is 7. The predicted octanol–water partition coefficient (Wildman–Crippen LogP) is 18.3. The summed E-state index contributed by atoms with van der Waals surface area (Å²) in [6.07, 6.45) is 74.8. The van der Waals surface area contributed by atoms with Crippen molar-refractivity contribution in [3.8, 4) is 0 Å². The van der Waals surface area contributed by atoms with Crippen molar-refractivity contribution in [3.05, 3.63) is 109 Å². The van der Waals surface area contributed by atoms with Gasteiger partial charge in [-0.25, -0.2) is 0 Å². The summed E-state index contributed by atoms with van der Waals surface area (Å²) in [6.45, 7) is 6.58. The lowest BCUT2D eigenvalue weighted by molar-refractivity contribution is -0.870. The predicted molar refractivity (Wildman–Crippen MR) is 325 cm³/mol. The van der Waals surface area contributed by atoms with E-state index in [0.717, 1.165) is 141 Å². The first kappa shape index (κ1) is 72.7. The first-order valence-electron chi connectivity index (χ1n) is 30.7. The molecule has 0 aromatic rings. The summed E-state index contributed by atoms with van der Waals surface area (Å²) in [6, 6.07) is -0.906. The normalized spacial score (nSPS) is 14.5. The molecule has 0 heterocycles. The van der Waals surface area contributed by atoms with Crippen LogP contribution in [0.25, 0.3) is 0 Å². The fourth-order valence-corrected chi connectivity index (χ4v) is 8.99. The molecule has 3 atom stereocenters. The lowest BCUT2D eigenvalue weighted by Crippen LogP contribution is -2.47. The number of unbranched alkanes of at least 4 members (excludes halogenated alkanes) is 22. The molecule has 1 amide bonds. The standard InChI is InChI=1S/C66H115N2O7P/c1-7-10-13-16-19-22-25-27-29-31-32-33-34-35-36-37-39-41-44-47-50-53-56-59-66(70)75-64(57-54-51-48-45-42-24-21-18-15-12-9-3)63(62-74-76(71,72)73-61-60-68(4,5)6)67-65(69)58-55-52-49-46-43-40-38-30-28-26-23-20-17-14-11-8-2/h10-11,13-14,19-20,22-23,27-30,32-33,35-36,54,57,63-64H,7-9,12,15-18,21,24-26,31,34,37-53,55-56,58-62H2,1-6H3,(H-,67,69,71,72)/b13-10-,14-11+,22-19-,23-20+,29-27-,30-28+,33-32-,36-35-,57-54-. The molecule has 0 aromatic carbocycles. The minimum Gasteiger partial charge on any atom is -0.756 e. The molecular formula is C66H115N2O7P. The number of likely N-dealkylation sites (N-methyl/N-ethyl adjacent to an activating group) is 1. The topological polar surface area (TPSA) is 114 Å². The Morgan fingerprint density at radius 2 is 0.842 bits per heavy atom. The highest BCUT2D eigenvalue weighted by molar-refractivity contribution is 7.45. The minimum atomic E-state index is -4.71. The molecule has 436 valence electrons. The Balaban J connectivity index is 5.24. The van der Waals surface area contributed by atoms with Gasteiger partial charge in [0, 0.05) is 12.8 Å². The quantitative estimate of drug-likeness (QED) is 0.0212. The summed E-state index contributed by atoms with van der Waals surface area (Å²) in [5.41, 5.74) is 0. The number of rotatable bonds is 54. The van der Waals surface area contributed by atoms with Crippen molar-refractivity contribution in [2.75, 3.05) is 40.9 Å². The molecule has 0 aliphatic rings. The van der Waals surface area contributed by atoms with Crippen molar-refractivity contribution in [2.24, 2.45) is 0 Å². The molecule has 1 N–H and O–H groups in total. The fourth-order valence-electron chi connectivity index (χ4n) is 8.27. The Labute approximate surface area is 468 Å². The Kier molecular flexibility index (Phi) is 52.6. The average Bonchev–Trinajstić information content (AvgIpc) is 3.38. The average molecular weight is 1080 g/mol. The Morgan fingerprint density at radius 3 is 1.26 bits per heavy atom. The molecule has 0 radical (unpaired) electrons. The molecule has 0 aliphatic heterocycles. The molecule has 0 fully saturated rings. The maximum Gasteiger partial charge on any atom is 0.306 e. The van der Waals surface area contributed by atoms with Gasteiger partial charge in [-0.1, -0.05) is 233 Å². The van der Waals surface area contributed by atoms with E-state index in [1.165, 1.54) is 64.2 Å². The first-order valence-corrected chi connectivity index (χ1v) is 32.2. The van der Waals surface area contributed by atoms with Crippen LogP contribution in [0.15, 0.2) is 109 Å². The van der Waals surface area contributed by atoms with Crippen molar-refractivity contribution < 1.29 is 37.3 Å². The molecule has 0 saturated heterocycles. The fraction of sp³-hybridized carbons (Fsp3) is 0.697. The van der Waals surface area contributed by atoms with Crippen LogP contribution in [0.3, 0.4) is 0 Å². The molecule has 76 heavy (non-hydrogen) atoms. The third-order valence-corrected chi connectivity index (χ3v) is 13.9. The van der Waals surface area contributed by atoms with Crippen molar-refractivity contribution in [3.63, 3.8) is 0 Å². The van der Waals surface area contributed by atoms with E-state index in [1.807, 2.05) is 33.3 Å². The van der Waals surface area contributed by atoms with Crippen LogP contribution in [-0.4, -0.2) is 69.4 Å². The molecule has 0 rings (SSSR count). The van der Waals surface area contributed by atoms with Crippen LogP contribution < -0.4 is 10.2 Å². The molecule has 0 spiro atoms. The van der Waals surface area contributed by atoms with Gasteiger partial charge in [0.05, 0.1) is 33.8 Å². The van der Waals surface area contributed by atoms with Gasteiger partial charge in [0.1, 0.15) is 19.3 Å². The number of esters is 1. The van der Waals surface area contributed by atoms with Crippen LogP contribution in [0.2, 0.25) is 0 Å². The van der Waals surface area contributed by atoms with Gasteiger partial charge in [0.25, 0.3) is 7.82 Å². The smallest absolute Gasteiger partial charge is 0.306 e. The maximum atomic E-state index is 13.5. The van der Waals surface area contributed by atoms with Crippen LogP contribution in [-0.2, 0) is 27.9 Å². The molecule has 0 aliphatic carbocycles. The second-order valence-corrected chi connectivity index (χ2v) is 22.9. The van der Waals surface area contributed by atoms with Gasteiger partial charge in [-0.3, -0.25) is 14.2 Å². The summed E-state index contributed by atoms with van der Waals surface area (Å²) in [5.74, 6) is -0.576. The van der Waals surface area contributed by atoms with Crippen LogP contribution in [0, 0.1) is 0 Å². The molecule has 3 unspecified atom stereocenters. The number of quaternary nitrogens is 1. The van der Waals surface area contributed by atoms with Crippen molar-refractivity contribution in [2.45, 2.75) is 258 Å². The Hall–Kier alpha value is -3.33. The SMILES string of the molecule is CC/C=C\C/C=C\C/C=C\C/C=C\C/C=C\CCCCCCCCCC(=O)OC(/C=C\CCCCCCCCCCC)C(COP(=O)([O-])OCC[N+](C)(C)C)NC(=O)CCCCCCCC/C=C/C/C=C/C/C=C/CC. The summed E-state index contributed by atoms with van der Waals surface area (Å²) in [5, 5.41) is 3.01. The summed E-state index contributed by atoms with van der Waals surface area (Å²) >= 11 is 0. The second-order valence-electron chi connectivity index (χ2n) is 21.4. The van der Waals surface area contributed by atoms with Gasteiger partial charge in [0.15, 0.2) is 0 Å². The van der Waals surface area contributed by atoms with Crippen LogP contribution in [0.4, 0.5) is 0 Å². The maximum absolute atomic E-state index is 13.5. The van der Waals surface area contributed by atoms with Crippen LogP contribution in [0.1, 0.15) is 245 Å². The molecule has 9 nitrogen and oxygen atoms in total. The molecule has 0 bridgehead atoms. The highest BCUT2D eigenvalue weighted by Crippen LogP contribution is 2.38. The molecule has 0 saturated carbocycles. The number of carbonyl (C=O) groups is 2. The highest BCUT2D eigenvalue weighted by atomic mass is 31.2. The third kappa shape index (κ3) is 55.4. The van der Waals surface area contributed by atoms with Crippen molar-refractivity contribution in [1.29, 1.82) is 0 Å². The van der Waals surface area contributed by atoms with Gasteiger partial charge in [0.2, 0.25) is 5.91 Å².